The highest BCUT2D eigenvalue weighted by Gasteiger charge is 2.19. The molecule has 1 aromatic heterocycles. The molecule has 18 heavy (non-hydrogen) atoms. The predicted octanol–water partition coefficient (Wildman–Crippen LogP) is 2.64. The largest absolute Gasteiger partial charge is 0.393 e. The lowest BCUT2D eigenvalue weighted by Gasteiger charge is -2.15. The number of nitrogens with zero attached hydrogens (tertiary/aromatic N) is 1. The summed E-state index contributed by atoms with van der Waals surface area (Å²) in [7, 11) is 0. The molecule has 1 aliphatic rings. The average Bonchev–Trinajstić information content (AvgIpc) is 2.65. The molecule has 0 amide bonds. The van der Waals surface area contributed by atoms with Crippen LogP contribution in [0.3, 0.4) is 0 Å². The Labute approximate surface area is 110 Å². The van der Waals surface area contributed by atoms with Crippen molar-refractivity contribution < 1.29 is 5.11 Å². The van der Waals surface area contributed by atoms with Gasteiger partial charge in [-0.2, -0.15) is 0 Å². The molecule has 1 heterocycles. The van der Waals surface area contributed by atoms with Crippen LogP contribution in [0.25, 0.3) is 0 Å². The Morgan fingerprint density at radius 1 is 1.44 bits per heavy atom. The first kappa shape index (κ1) is 13.6. The van der Waals surface area contributed by atoms with Gasteiger partial charge in [0.15, 0.2) is 0 Å². The Hall–Kier alpha value is -0.800. The molecule has 3 nitrogen and oxygen atoms in total. The minimum Gasteiger partial charge on any atom is -0.393 e. The lowest BCUT2D eigenvalue weighted by Crippen LogP contribution is -2.20. The van der Waals surface area contributed by atoms with Gasteiger partial charge in [-0.1, -0.05) is 13.3 Å². The van der Waals surface area contributed by atoms with Crippen LogP contribution in [-0.2, 0) is 13.0 Å². The number of hydrogen-bond donors (Lipinski definition) is 2. The summed E-state index contributed by atoms with van der Waals surface area (Å²) in [6, 6.07) is 0.528. The van der Waals surface area contributed by atoms with E-state index in [-0.39, 0.29) is 6.10 Å². The van der Waals surface area contributed by atoms with E-state index >= 15 is 0 Å². The first-order valence-corrected chi connectivity index (χ1v) is 7.30. The van der Waals surface area contributed by atoms with Crippen LogP contribution in [0.15, 0.2) is 12.4 Å². The van der Waals surface area contributed by atoms with Gasteiger partial charge in [-0.25, -0.2) is 0 Å². The highest BCUT2D eigenvalue weighted by Crippen LogP contribution is 2.29. The van der Waals surface area contributed by atoms with Crippen molar-refractivity contribution in [3.05, 3.63) is 23.5 Å². The second kappa shape index (κ2) is 6.39. The van der Waals surface area contributed by atoms with E-state index in [1.54, 1.807) is 0 Å². The van der Waals surface area contributed by atoms with Crippen molar-refractivity contribution in [2.24, 2.45) is 0 Å². The van der Waals surface area contributed by atoms with Crippen LogP contribution in [0, 0.1) is 0 Å². The third-order valence-corrected chi connectivity index (χ3v) is 3.82. The SMILES string of the molecule is CCNC1CCCCc2cn(CCC(C)O)cc21. The van der Waals surface area contributed by atoms with E-state index in [1.165, 1.54) is 36.8 Å². The maximum atomic E-state index is 9.37. The van der Waals surface area contributed by atoms with Gasteiger partial charge in [-0.3, -0.25) is 0 Å². The Bertz CT molecular complexity index is 371. The molecule has 0 saturated heterocycles. The zero-order valence-corrected chi connectivity index (χ0v) is 11.7. The van der Waals surface area contributed by atoms with Crippen molar-refractivity contribution in [2.45, 2.75) is 64.6 Å². The van der Waals surface area contributed by atoms with Gasteiger partial charge in [0.2, 0.25) is 0 Å². The Kier molecular flexibility index (Phi) is 4.84. The predicted molar refractivity (Wildman–Crippen MR) is 74.7 cm³/mol. The molecule has 1 aliphatic carbocycles. The summed E-state index contributed by atoms with van der Waals surface area (Å²) in [6.45, 7) is 5.98. The maximum absolute atomic E-state index is 9.37. The molecule has 0 aliphatic heterocycles. The second-order valence-electron chi connectivity index (χ2n) is 5.47. The van der Waals surface area contributed by atoms with Gasteiger partial charge in [0.25, 0.3) is 0 Å². The van der Waals surface area contributed by atoms with Crippen molar-refractivity contribution in [3.8, 4) is 0 Å². The van der Waals surface area contributed by atoms with Gasteiger partial charge in [-0.15, -0.1) is 0 Å². The molecule has 1 aromatic rings. The summed E-state index contributed by atoms with van der Waals surface area (Å²) in [5, 5.41) is 13.0. The Morgan fingerprint density at radius 3 is 3.00 bits per heavy atom. The van der Waals surface area contributed by atoms with Crippen LogP contribution in [0.4, 0.5) is 0 Å². The molecule has 0 spiro atoms. The van der Waals surface area contributed by atoms with E-state index in [0.717, 1.165) is 19.5 Å². The zero-order valence-electron chi connectivity index (χ0n) is 11.7. The van der Waals surface area contributed by atoms with Crippen LogP contribution in [0.2, 0.25) is 0 Å². The highest BCUT2D eigenvalue weighted by atomic mass is 16.3. The smallest absolute Gasteiger partial charge is 0.0529 e. The topological polar surface area (TPSA) is 37.2 Å². The number of fused-ring (bicyclic) bond motifs is 1. The molecule has 0 aromatic carbocycles. The first-order valence-electron chi connectivity index (χ1n) is 7.30. The summed E-state index contributed by atoms with van der Waals surface area (Å²) in [6.07, 6.45) is 10.3. The monoisotopic (exact) mass is 250 g/mol. The number of hydrogen-bond acceptors (Lipinski definition) is 2. The molecule has 0 saturated carbocycles. The number of rotatable bonds is 5. The average molecular weight is 250 g/mol. The van der Waals surface area contributed by atoms with Gasteiger partial charge in [0, 0.05) is 25.0 Å². The first-order chi connectivity index (χ1) is 8.70. The molecule has 2 N–H and O–H groups in total. The Balaban J connectivity index is 2.11. The quantitative estimate of drug-likeness (QED) is 0.788. The third-order valence-electron chi connectivity index (χ3n) is 3.82. The minimum absolute atomic E-state index is 0.211. The summed E-state index contributed by atoms with van der Waals surface area (Å²) in [5.41, 5.74) is 2.99. The van der Waals surface area contributed by atoms with E-state index < -0.39 is 0 Å². The highest BCUT2D eigenvalue weighted by molar-refractivity contribution is 5.29. The van der Waals surface area contributed by atoms with Crippen molar-refractivity contribution in [3.63, 3.8) is 0 Å². The molecule has 0 radical (unpaired) electrons. The number of aliphatic hydroxyl groups is 1. The van der Waals surface area contributed by atoms with Crippen LogP contribution in [-0.4, -0.2) is 22.3 Å². The number of nitrogens with one attached hydrogen (secondary N) is 1. The zero-order chi connectivity index (χ0) is 13.0. The second-order valence-corrected chi connectivity index (χ2v) is 5.47. The summed E-state index contributed by atoms with van der Waals surface area (Å²) < 4.78 is 2.26. The minimum atomic E-state index is -0.211. The van der Waals surface area contributed by atoms with Gasteiger partial charge < -0.3 is 15.0 Å². The van der Waals surface area contributed by atoms with E-state index in [4.69, 9.17) is 0 Å². The summed E-state index contributed by atoms with van der Waals surface area (Å²) >= 11 is 0. The number of aryl methyl sites for hydroxylation is 2. The lowest BCUT2D eigenvalue weighted by molar-refractivity contribution is 0.178. The van der Waals surface area contributed by atoms with Gasteiger partial charge in [-0.05, 0) is 50.3 Å². The summed E-state index contributed by atoms with van der Waals surface area (Å²) in [5.74, 6) is 0. The summed E-state index contributed by atoms with van der Waals surface area (Å²) in [4.78, 5) is 0. The van der Waals surface area contributed by atoms with E-state index in [2.05, 4.69) is 29.2 Å². The van der Waals surface area contributed by atoms with Crippen LogP contribution in [0.1, 0.15) is 56.7 Å². The number of aliphatic hydroxyl groups excluding tert-OH is 1. The van der Waals surface area contributed by atoms with Crippen molar-refractivity contribution in [1.29, 1.82) is 0 Å². The molecule has 0 bridgehead atoms. The Morgan fingerprint density at radius 2 is 2.28 bits per heavy atom. The van der Waals surface area contributed by atoms with E-state index in [9.17, 15) is 5.11 Å². The molecular formula is C15H26N2O. The van der Waals surface area contributed by atoms with Gasteiger partial charge in [0.05, 0.1) is 6.10 Å². The van der Waals surface area contributed by atoms with Crippen molar-refractivity contribution in [2.75, 3.05) is 6.54 Å². The molecule has 2 unspecified atom stereocenters. The maximum Gasteiger partial charge on any atom is 0.0529 e. The molecule has 3 heteroatoms. The molecule has 2 atom stereocenters. The lowest BCUT2D eigenvalue weighted by atomic mass is 10.0. The molecule has 0 fully saturated rings. The van der Waals surface area contributed by atoms with Crippen LogP contribution < -0.4 is 5.32 Å². The van der Waals surface area contributed by atoms with Crippen molar-refractivity contribution >= 4 is 0 Å². The van der Waals surface area contributed by atoms with Crippen molar-refractivity contribution in [1.82, 2.24) is 9.88 Å². The fraction of sp³-hybridized carbons (Fsp3) is 0.733. The van der Waals surface area contributed by atoms with Gasteiger partial charge in [0.1, 0.15) is 0 Å². The van der Waals surface area contributed by atoms with Gasteiger partial charge >= 0.3 is 0 Å². The normalized spacial score (nSPS) is 21.4. The molecule has 102 valence electrons. The molecule has 2 rings (SSSR count). The number of aromatic nitrogens is 1. The third kappa shape index (κ3) is 3.36. The molecular weight excluding hydrogens is 224 g/mol. The van der Waals surface area contributed by atoms with Crippen LogP contribution >= 0.6 is 0 Å². The standard InChI is InChI=1S/C15H26N2O/c1-3-16-15-7-5-4-6-13-10-17(11-14(13)15)9-8-12(2)18/h10-12,15-16,18H,3-9H2,1-2H3. The van der Waals surface area contributed by atoms with E-state index in [0.29, 0.717) is 6.04 Å². The fourth-order valence-electron chi connectivity index (χ4n) is 2.84. The van der Waals surface area contributed by atoms with Crippen LogP contribution in [0.5, 0.6) is 0 Å². The fourth-order valence-corrected chi connectivity index (χ4v) is 2.84. The van der Waals surface area contributed by atoms with E-state index in [1.807, 2.05) is 6.92 Å².